The Morgan fingerprint density at radius 2 is 1.65 bits per heavy atom. The number of benzene rings is 1. The zero-order valence-corrected chi connectivity index (χ0v) is 12.1. The summed E-state index contributed by atoms with van der Waals surface area (Å²) >= 11 is 0. The van der Waals surface area contributed by atoms with Crippen LogP contribution in [0.1, 0.15) is 43.4 Å². The van der Waals surface area contributed by atoms with Crippen molar-refractivity contribution in [3.05, 3.63) is 34.6 Å². The summed E-state index contributed by atoms with van der Waals surface area (Å²) in [6.07, 6.45) is -0.943. The minimum atomic E-state index is -3.19. The molecule has 0 aliphatic carbocycles. The van der Waals surface area contributed by atoms with Gasteiger partial charge in [-0.2, -0.15) is 0 Å². The van der Waals surface area contributed by atoms with Crippen molar-refractivity contribution in [2.45, 2.75) is 46.5 Å². The molecule has 1 N–H and O–H groups in total. The van der Waals surface area contributed by atoms with Gasteiger partial charge in [-0.3, -0.25) is 4.79 Å². The van der Waals surface area contributed by atoms with Crippen molar-refractivity contribution in [1.29, 1.82) is 0 Å². The lowest BCUT2D eigenvalue weighted by atomic mass is 9.80. The van der Waals surface area contributed by atoms with Gasteiger partial charge in [0.05, 0.1) is 6.42 Å². The zero-order valence-electron chi connectivity index (χ0n) is 12.1. The van der Waals surface area contributed by atoms with Gasteiger partial charge in [-0.25, -0.2) is 13.2 Å². The molecule has 0 aliphatic rings. The second-order valence-corrected chi connectivity index (χ2v) is 6.03. The Balaban J connectivity index is 3.14. The second kappa shape index (κ2) is 5.46. The van der Waals surface area contributed by atoms with Crippen LogP contribution in [0.15, 0.2) is 12.1 Å². The zero-order chi connectivity index (χ0) is 15.7. The summed E-state index contributed by atoms with van der Waals surface area (Å²) in [4.78, 5) is 10.7. The van der Waals surface area contributed by atoms with Gasteiger partial charge in [-0.05, 0) is 42.5 Å². The summed E-state index contributed by atoms with van der Waals surface area (Å²) in [5.74, 6) is -4.86. The minimum absolute atomic E-state index is 0.179. The molecule has 0 unspecified atom stereocenters. The molecule has 1 aromatic carbocycles. The molecule has 0 bridgehead atoms. The molecular formula is C15H19F3O2. The molecule has 20 heavy (non-hydrogen) atoms. The van der Waals surface area contributed by atoms with Crippen molar-refractivity contribution in [3.63, 3.8) is 0 Å². The lowest BCUT2D eigenvalue weighted by Gasteiger charge is -2.30. The molecule has 5 heteroatoms. The summed E-state index contributed by atoms with van der Waals surface area (Å²) in [6, 6.07) is 2.14. The van der Waals surface area contributed by atoms with Crippen LogP contribution in [0.5, 0.6) is 0 Å². The maximum absolute atomic E-state index is 14.4. The largest absolute Gasteiger partial charge is 0.481 e. The van der Waals surface area contributed by atoms with E-state index in [9.17, 15) is 18.0 Å². The summed E-state index contributed by atoms with van der Waals surface area (Å²) in [6.45, 7) is 5.85. The minimum Gasteiger partial charge on any atom is -0.481 e. The number of halogens is 3. The highest BCUT2D eigenvalue weighted by atomic mass is 19.3. The first-order valence-corrected chi connectivity index (χ1v) is 6.31. The fourth-order valence-electron chi connectivity index (χ4n) is 2.65. The van der Waals surface area contributed by atoms with Crippen molar-refractivity contribution in [1.82, 2.24) is 0 Å². The van der Waals surface area contributed by atoms with Gasteiger partial charge < -0.3 is 5.11 Å². The predicted molar refractivity (Wildman–Crippen MR) is 70.4 cm³/mol. The van der Waals surface area contributed by atoms with Gasteiger partial charge in [-0.15, -0.1) is 0 Å². The van der Waals surface area contributed by atoms with E-state index < -0.39 is 29.5 Å². The van der Waals surface area contributed by atoms with E-state index >= 15 is 0 Å². The molecule has 0 aromatic heterocycles. The van der Waals surface area contributed by atoms with Crippen molar-refractivity contribution in [2.75, 3.05) is 0 Å². The molecular weight excluding hydrogens is 269 g/mol. The Bertz CT molecular complexity index is 499. The van der Waals surface area contributed by atoms with Crippen LogP contribution >= 0.6 is 0 Å². The smallest absolute Gasteiger partial charge is 0.303 e. The molecule has 2 nitrogen and oxygen atoms in total. The maximum Gasteiger partial charge on any atom is 0.303 e. The number of hydrogen-bond acceptors (Lipinski definition) is 1. The van der Waals surface area contributed by atoms with Crippen LogP contribution < -0.4 is 0 Å². The predicted octanol–water partition coefficient (Wildman–Crippen LogP) is 4.43. The van der Waals surface area contributed by atoms with E-state index in [0.29, 0.717) is 0 Å². The number of aryl methyl sites for hydroxylation is 2. The fraction of sp³-hybridized carbons (Fsp3) is 0.533. The number of carboxylic acid groups (broad SMARTS) is 1. The highest BCUT2D eigenvalue weighted by Crippen LogP contribution is 2.43. The van der Waals surface area contributed by atoms with E-state index in [1.54, 1.807) is 0 Å². The van der Waals surface area contributed by atoms with Crippen LogP contribution in [-0.4, -0.2) is 11.1 Å². The second-order valence-electron chi connectivity index (χ2n) is 6.03. The molecule has 0 fully saturated rings. The van der Waals surface area contributed by atoms with Crippen LogP contribution in [-0.2, 0) is 10.7 Å². The molecule has 0 saturated heterocycles. The third-order valence-electron chi connectivity index (χ3n) is 3.19. The number of carboxylic acids is 1. The highest BCUT2D eigenvalue weighted by molar-refractivity contribution is 5.67. The number of aliphatic carboxylic acids is 1. The van der Waals surface area contributed by atoms with E-state index in [-0.39, 0.29) is 23.1 Å². The molecule has 0 aliphatic heterocycles. The van der Waals surface area contributed by atoms with Crippen LogP contribution in [0.3, 0.4) is 0 Å². The molecule has 0 saturated carbocycles. The van der Waals surface area contributed by atoms with Crippen LogP contribution in [0.4, 0.5) is 13.2 Å². The molecule has 1 aromatic rings. The van der Waals surface area contributed by atoms with E-state index in [1.165, 1.54) is 27.7 Å². The molecule has 1 rings (SSSR count). The Kier molecular flexibility index (Phi) is 4.52. The first-order chi connectivity index (χ1) is 8.94. The first kappa shape index (κ1) is 16.5. The maximum atomic E-state index is 14.4. The Labute approximate surface area is 116 Å². The van der Waals surface area contributed by atoms with Crippen molar-refractivity contribution < 1.29 is 23.1 Å². The Hall–Kier alpha value is -1.52. The number of rotatable bonds is 5. The van der Waals surface area contributed by atoms with Crippen LogP contribution in [0, 0.1) is 25.1 Å². The van der Waals surface area contributed by atoms with Gasteiger partial charge in [0, 0.05) is 12.0 Å². The SMILES string of the molecule is Cc1cc(F)cc(C)c1C(F)(F)CC(C)(C)CC(=O)O. The summed E-state index contributed by atoms with van der Waals surface area (Å²) in [5.41, 5.74) is -0.905. The topological polar surface area (TPSA) is 37.3 Å². The molecule has 112 valence electrons. The van der Waals surface area contributed by atoms with Crippen molar-refractivity contribution in [2.24, 2.45) is 5.41 Å². The number of alkyl halides is 2. The van der Waals surface area contributed by atoms with Crippen LogP contribution in [0.25, 0.3) is 0 Å². The average molecular weight is 288 g/mol. The summed E-state index contributed by atoms with van der Waals surface area (Å²) in [7, 11) is 0. The van der Waals surface area contributed by atoms with E-state index in [2.05, 4.69) is 0 Å². The average Bonchev–Trinajstić information content (AvgIpc) is 2.08. The van der Waals surface area contributed by atoms with Gasteiger partial charge in [0.25, 0.3) is 5.92 Å². The third-order valence-corrected chi connectivity index (χ3v) is 3.19. The normalized spacial score (nSPS) is 12.6. The van der Waals surface area contributed by atoms with Gasteiger partial charge in [0.15, 0.2) is 0 Å². The monoisotopic (exact) mass is 288 g/mol. The van der Waals surface area contributed by atoms with Crippen molar-refractivity contribution >= 4 is 5.97 Å². The van der Waals surface area contributed by atoms with E-state index in [0.717, 1.165) is 12.1 Å². The Morgan fingerprint density at radius 3 is 2.05 bits per heavy atom. The van der Waals surface area contributed by atoms with Gasteiger partial charge >= 0.3 is 5.97 Å². The first-order valence-electron chi connectivity index (χ1n) is 6.31. The summed E-state index contributed by atoms with van der Waals surface area (Å²) in [5, 5.41) is 8.77. The quantitative estimate of drug-likeness (QED) is 0.870. The van der Waals surface area contributed by atoms with Crippen molar-refractivity contribution in [3.8, 4) is 0 Å². The molecule has 0 atom stereocenters. The fourth-order valence-corrected chi connectivity index (χ4v) is 2.65. The lowest BCUT2D eigenvalue weighted by Crippen LogP contribution is -2.28. The molecule has 0 spiro atoms. The molecule has 0 radical (unpaired) electrons. The highest BCUT2D eigenvalue weighted by Gasteiger charge is 2.41. The third kappa shape index (κ3) is 3.99. The van der Waals surface area contributed by atoms with Crippen LogP contribution in [0.2, 0.25) is 0 Å². The van der Waals surface area contributed by atoms with E-state index in [4.69, 9.17) is 5.11 Å². The van der Waals surface area contributed by atoms with Gasteiger partial charge in [-0.1, -0.05) is 13.8 Å². The number of carbonyl (C=O) groups is 1. The summed E-state index contributed by atoms with van der Waals surface area (Å²) < 4.78 is 42.1. The standard InChI is InChI=1S/C15H19F3O2/c1-9-5-11(16)6-10(2)13(9)15(17,18)8-14(3,4)7-12(19)20/h5-6H,7-8H2,1-4H3,(H,19,20). The number of hydrogen-bond donors (Lipinski definition) is 1. The molecule has 0 heterocycles. The van der Waals surface area contributed by atoms with E-state index in [1.807, 2.05) is 0 Å². The Morgan fingerprint density at radius 1 is 1.20 bits per heavy atom. The lowest BCUT2D eigenvalue weighted by molar-refractivity contribution is -0.140. The van der Waals surface area contributed by atoms with Gasteiger partial charge in [0.1, 0.15) is 5.82 Å². The molecule has 0 amide bonds. The van der Waals surface area contributed by atoms with Gasteiger partial charge in [0.2, 0.25) is 0 Å².